The molecule has 0 fully saturated rings. The maximum atomic E-state index is 12.3. The number of allylic oxidation sites excluding steroid dienone is 2. The quantitative estimate of drug-likeness (QED) is 0.936. The van der Waals surface area contributed by atoms with Crippen molar-refractivity contribution in [3.63, 3.8) is 0 Å². The molecule has 1 aliphatic rings. The zero-order chi connectivity index (χ0) is 16.4. The van der Waals surface area contributed by atoms with Gasteiger partial charge in [-0.2, -0.15) is 3.96 Å². The summed E-state index contributed by atoms with van der Waals surface area (Å²) in [5, 5.41) is 3.13. The summed E-state index contributed by atoms with van der Waals surface area (Å²) in [7, 11) is 0. The highest BCUT2D eigenvalue weighted by molar-refractivity contribution is 7.14. The monoisotopic (exact) mass is 329 g/mol. The summed E-state index contributed by atoms with van der Waals surface area (Å²) in [6, 6.07) is 2.80. The van der Waals surface area contributed by atoms with Gasteiger partial charge in [0.2, 0.25) is 0 Å². The summed E-state index contributed by atoms with van der Waals surface area (Å²) < 4.78 is 1.05. The van der Waals surface area contributed by atoms with Crippen LogP contribution in [0.5, 0.6) is 0 Å². The van der Waals surface area contributed by atoms with Gasteiger partial charge in [0.15, 0.2) is 5.78 Å². The number of ketones is 1. The lowest BCUT2D eigenvalue weighted by Gasteiger charge is -2.14. The van der Waals surface area contributed by atoms with Gasteiger partial charge < -0.3 is 5.32 Å². The van der Waals surface area contributed by atoms with E-state index in [-0.39, 0.29) is 17.9 Å². The van der Waals surface area contributed by atoms with E-state index in [4.69, 9.17) is 0 Å². The normalized spacial score (nSPS) is 14.3. The van der Waals surface area contributed by atoms with Crippen molar-refractivity contribution in [2.24, 2.45) is 0 Å². The lowest BCUT2D eigenvalue weighted by atomic mass is 9.95. The van der Waals surface area contributed by atoms with E-state index in [0.29, 0.717) is 15.8 Å². The number of nitrogens with one attached hydrogen (secondary N) is 1. The molecule has 3 rings (SSSR count). The molecule has 23 heavy (non-hydrogen) atoms. The first-order valence-corrected chi connectivity index (χ1v) is 8.01. The highest BCUT2D eigenvalue weighted by atomic mass is 32.1. The second-order valence-corrected chi connectivity index (χ2v) is 6.12. The molecule has 1 amide bonds. The molecule has 0 saturated heterocycles. The smallest absolute Gasteiger partial charge is 0.333 e. The van der Waals surface area contributed by atoms with Gasteiger partial charge in [-0.05, 0) is 49.0 Å². The summed E-state index contributed by atoms with van der Waals surface area (Å²) in [4.78, 5) is 40.7. The summed E-state index contributed by atoms with van der Waals surface area (Å²) in [5.74, 6) is -0.0200. The highest BCUT2D eigenvalue weighted by Crippen LogP contribution is 2.19. The topological polar surface area (TPSA) is 81.1 Å². The van der Waals surface area contributed by atoms with Crippen molar-refractivity contribution in [2.75, 3.05) is 6.54 Å². The molecule has 0 spiro atoms. The van der Waals surface area contributed by atoms with E-state index in [9.17, 15) is 14.4 Å². The van der Waals surface area contributed by atoms with E-state index in [1.165, 1.54) is 6.92 Å². The number of pyridine rings is 1. The number of carbonyl (C=O) groups is 2. The second kappa shape index (κ2) is 6.29. The minimum atomic E-state index is -0.507. The molecule has 0 aliphatic heterocycles. The van der Waals surface area contributed by atoms with Gasteiger partial charge in [-0.25, -0.2) is 9.78 Å². The maximum Gasteiger partial charge on any atom is 0.338 e. The summed E-state index contributed by atoms with van der Waals surface area (Å²) in [6.07, 6.45) is 7.09. The average Bonchev–Trinajstić information content (AvgIpc) is 2.90. The van der Waals surface area contributed by atoms with Gasteiger partial charge in [-0.3, -0.25) is 9.59 Å². The van der Waals surface area contributed by atoms with E-state index in [1.807, 2.05) is 12.2 Å². The van der Waals surface area contributed by atoms with Crippen LogP contribution >= 0.6 is 11.5 Å². The van der Waals surface area contributed by atoms with E-state index in [1.54, 1.807) is 18.3 Å². The molecule has 0 radical (unpaired) electrons. The Hall–Kier alpha value is -2.54. The molecule has 2 aromatic rings. The SMILES string of the molecule is CC(=O)C1=CCCC=C1CNC(=O)n1sc2ncccc2c1=O. The Morgan fingerprint density at radius 3 is 2.87 bits per heavy atom. The zero-order valence-electron chi connectivity index (χ0n) is 12.5. The predicted octanol–water partition coefficient (Wildman–Crippen LogP) is 2.25. The Morgan fingerprint density at radius 1 is 1.35 bits per heavy atom. The first kappa shape index (κ1) is 15.4. The number of fused-ring (bicyclic) bond motifs is 1. The van der Waals surface area contributed by atoms with Crippen molar-refractivity contribution in [3.8, 4) is 0 Å². The van der Waals surface area contributed by atoms with E-state index in [2.05, 4.69) is 10.3 Å². The third-order valence-electron chi connectivity index (χ3n) is 3.61. The van der Waals surface area contributed by atoms with E-state index < -0.39 is 6.03 Å². The number of amides is 1. The van der Waals surface area contributed by atoms with Crippen LogP contribution in [0.1, 0.15) is 19.8 Å². The summed E-state index contributed by atoms with van der Waals surface area (Å²) in [6.45, 7) is 1.73. The van der Waals surface area contributed by atoms with Crippen LogP contribution in [0.4, 0.5) is 4.79 Å². The Bertz CT molecular complexity index is 905. The summed E-state index contributed by atoms with van der Waals surface area (Å²) in [5.41, 5.74) is 1.06. The Morgan fingerprint density at radius 2 is 2.13 bits per heavy atom. The second-order valence-electron chi connectivity index (χ2n) is 5.19. The van der Waals surface area contributed by atoms with Gasteiger partial charge in [0, 0.05) is 18.3 Å². The number of hydrogen-bond donors (Lipinski definition) is 1. The van der Waals surface area contributed by atoms with Crippen LogP contribution in [-0.2, 0) is 4.79 Å². The number of aromatic nitrogens is 2. The number of hydrogen-bond acceptors (Lipinski definition) is 5. The fraction of sp³-hybridized carbons (Fsp3) is 0.250. The summed E-state index contributed by atoms with van der Waals surface area (Å²) >= 11 is 1.01. The first-order chi connectivity index (χ1) is 11.1. The van der Waals surface area contributed by atoms with Crippen LogP contribution in [0, 0.1) is 0 Å². The minimum Gasteiger partial charge on any atom is -0.333 e. The van der Waals surface area contributed by atoms with Crippen LogP contribution in [0.3, 0.4) is 0 Å². The molecule has 0 atom stereocenters. The lowest BCUT2D eigenvalue weighted by molar-refractivity contribution is -0.113. The highest BCUT2D eigenvalue weighted by Gasteiger charge is 2.17. The molecule has 0 unspecified atom stereocenters. The Balaban J connectivity index is 1.78. The van der Waals surface area contributed by atoms with Crippen molar-refractivity contribution < 1.29 is 9.59 Å². The van der Waals surface area contributed by atoms with Crippen molar-refractivity contribution in [1.29, 1.82) is 0 Å². The van der Waals surface area contributed by atoms with Gasteiger partial charge in [0.05, 0.1) is 5.39 Å². The van der Waals surface area contributed by atoms with Gasteiger partial charge >= 0.3 is 6.03 Å². The zero-order valence-corrected chi connectivity index (χ0v) is 13.4. The third kappa shape index (κ3) is 3.00. The largest absolute Gasteiger partial charge is 0.338 e. The molecule has 118 valence electrons. The molecule has 0 bridgehead atoms. The fourth-order valence-electron chi connectivity index (χ4n) is 2.50. The van der Waals surface area contributed by atoms with Crippen LogP contribution in [0.2, 0.25) is 0 Å². The van der Waals surface area contributed by atoms with Gasteiger partial charge in [0.25, 0.3) is 5.56 Å². The Labute approximate surface area is 136 Å². The number of carbonyl (C=O) groups excluding carboxylic acids is 2. The van der Waals surface area contributed by atoms with Crippen LogP contribution < -0.4 is 10.9 Å². The molecular formula is C16H15N3O3S. The molecule has 2 heterocycles. The van der Waals surface area contributed by atoms with Gasteiger partial charge in [-0.15, -0.1) is 0 Å². The average molecular weight is 329 g/mol. The number of rotatable bonds is 3. The third-order valence-corrected chi connectivity index (χ3v) is 4.62. The molecule has 0 saturated carbocycles. The standard InChI is InChI=1S/C16H15N3O3S/c1-10(20)12-6-3-2-5-11(12)9-18-16(22)19-15(21)13-7-4-8-17-14(13)23-19/h4-8H,2-3,9H2,1H3,(H,18,22). The van der Waals surface area contributed by atoms with E-state index >= 15 is 0 Å². The number of Topliss-reactive ketones (excluding diaryl/α,β-unsaturated/α-hetero) is 1. The fourth-order valence-corrected chi connectivity index (χ4v) is 3.37. The molecule has 1 aliphatic carbocycles. The van der Waals surface area contributed by atoms with Crippen LogP contribution in [0.15, 0.2) is 46.4 Å². The maximum absolute atomic E-state index is 12.3. The predicted molar refractivity (Wildman–Crippen MR) is 88.8 cm³/mol. The lowest BCUT2D eigenvalue weighted by Crippen LogP contribution is -2.34. The van der Waals surface area contributed by atoms with Gasteiger partial charge in [0.1, 0.15) is 4.83 Å². The molecule has 2 aromatic heterocycles. The van der Waals surface area contributed by atoms with E-state index in [0.717, 1.165) is 33.9 Å². The van der Waals surface area contributed by atoms with Crippen LogP contribution in [-0.4, -0.2) is 27.3 Å². The molecule has 0 aromatic carbocycles. The van der Waals surface area contributed by atoms with Crippen molar-refractivity contribution in [3.05, 3.63) is 52.0 Å². The van der Waals surface area contributed by atoms with Crippen LogP contribution in [0.25, 0.3) is 10.2 Å². The first-order valence-electron chi connectivity index (χ1n) is 7.23. The molecular weight excluding hydrogens is 314 g/mol. The molecule has 1 N–H and O–H groups in total. The van der Waals surface area contributed by atoms with Crippen molar-refractivity contribution in [1.82, 2.24) is 14.3 Å². The molecule has 7 heteroatoms. The minimum absolute atomic E-state index is 0.0200. The van der Waals surface area contributed by atoms with Gasteiger partial charge in [-0.1, -0.05) is 12.2 Å². The van der Waals surface area contributed by atoms with Crippen molar-refractivity contribution >= 4 is 33.6 Å². The van der Waals surface area contributed by atoms with Crippen molar-refractivity contribution in [2.45, 2.75) is 19.8 Å². The Kier molecular flexibility index (Phi) is 4.20. The number of nitrogens with zero attached hydrogens (tertiary/aromatic N) is 2. The molecule has 6 nitrogen and oxygen atoms in total.